The number of ether oxygens (including phenoxy) is 3. The van der Waals surface area contributed by atoms with Crippen molar-refractivity contribution in [2.75, 3.05) is 13.7 Å². The SMILES string of the molecule is CCCCOc1ccccc1[C@@H]1C(C(=O)O[C@H](C)CC)=C(C)NC2=C1C(=O)[C@H](C(=O)OC)[C@@H](C)C2. The summed E-state index contributed by atoms with van der Waals surface area (Å²) in [6.45, 7) is 10.1. The minimum Gasteiger partial charge on any atom is -0.493 e. The van der Waals surface area contributed by atoms with Gasteiger partial charge in [-0.25, -0.2) is 4.79 Å². The summed E-state index contributed by atoms with van der Waals surface area (Å²) in [5.74, 6) is -2.63. The third-order valence-electron chi connectivity index (χ3n) is 6.83. The lowest BCUT2D eigenvalue weighted by Crippen LogP contribution is -2.43. The second kappa shape index (κ2) is 11.6. The molecule has 3 rings (SSSR count). The maximum Gasteiger partial charge on any atom is 0.337 e. The third-order valence-corrected chi connectivity index (χ3v) is 6.83. The quantitative estimate of drug-likeness (QED) is 0.306. The van der Waals surface area contributed by atoms with Crippen LogP contribution in [0, 0.1) is 11.8 Å². The van der Waals surface area contributed by atoms with E-state index in [0.717, 1.165) is 18.5 Å². The van der Waals surface area contributed by atoms with Gasteiger partial charge in [0.1, 0.15) is 11.7 Å². The number of para-hydroxylation sites is 1. The molecule has 1 N–H and O–H groups in total. The molecule has 35 heavy (non-hydrogen) atoms. The Labute approximate surface area is 207 Å². The highest BCUT2D eigenvalue weighted by atomic mass is 16.5. The number of hydrogen-bond donors (Lipinski definition) is 1. The predicted octanol–water partition coefficient (Wildman–Crippen LogP) is 4.82. The van der Waals surface area contributed by atoms with Crippen molar-refractivity contribution in [2.45, 2.75) is 72.3 Å². The Balaban J connectivity index is 2.18. The Kier molecular flexibility index (Phi) is 8.76. The van der Waals surface area contributed by atoms with Gasteiger partial charge in [0.05, 0.1) is 31.3 Å². The van der Waals surface area contributed by atoms with Crippen LogP contribution in [0.2, 0.25) is 0 Å². The molecule has 0 saturated carbocycles. The molecule has 190 valence electrons. The van der Waals surface area contributed by atoms with Crippen molar-refractivity contribution in [3.63, 3.8) is 0 Å². The van der Waals surface area contributed by atoms with E-state index in [-0.39, 0.29) is 17.8 Å². The maximum atomic E-state index is 13.9. The molecule has 1 aromatic carbocycles. The van der Waals surface area contributed by atoms with Crippen LogP contribution in [0.3, 0.4) is 0 Å². The molecule has 1 heterocycles. The Bertz CT molecular complexity index is 1040. The monoisotopic (exact) mass is 483 g/mol. The summed E-state index contributed by atoms with van der Waals surface area (Å²) in [7, 11) is 1.29. The number of benzene rings is 1. The van der Waals surface area contributed by atoms with E-state index in [4.69, 9.17) is 14.2 Å². The number of methoxy groups -OCH3 is 1. The standard InChI is InChI=1S/C28H37NO6/c1-7-9-14-34-21-13-11-10-12-19(21)24-23(28(32)35-17(4)8-2)18(5)29-20-15-16(3)22(27(31)33-6)26(30)25(20)24/h10-13,16-17,22,24,29H,7-9,14-15H2,1-6H3/t16-,17+,22+,24+/m0/s1. The second-order valence-corrected chi connectivity index (χ2v) is 9.40. The van der Waals surface area contributed by atoms with Crippen molar-refractivity contribution >= 4 is 17.7 Å². The third kappa shape index (κ3) is 5.44. The molecule has 0 radical (unpaired) electrons. The number of Topliss-reactive ketones (excluding diaryl/α,β-unsaturated/α-hetero) is 1. The van der Waals surface area contributed by atoms with Crippen molar-refractivity contribution in [2.24, 2.45) is 11.8 Å². The zero-order chi connectivity index (χ0) is 25.7. The number of rotatable bonds is 9. The van der Waals surface area contributed by atoms with Crippen molar-refractivity contribution < 1.29 is 28.6 Å². The average Bonchev–Trinajstić information content (AvgIpc) is 2.83. The van der Waals surface area contributed by atoms with Crippen molar-refractivity contribution in [3.05, 3.63) is 52.4 Å². The molecule has 4 atom stereocenters. The molecule has 1 aromatic rings. The normalized spacial score (nSPS) is 22.8. The lowest BCUT2D eigenvalue weighted by atomic mass is 9.69. The number of carbonyl (C=O) groups is 3. The molecule has 1 aliphatic carbocycles. The number of hydrogen-bond acceptors (Lipinski definition) is 7. The number of carbonyl (C=O) groups excluding carboxylic acids is 3. The number of allylic oxidation sites excluding steroid dienone is 3. The van der Waals surface area contributed by atoms with Gasteiger partial charge in [0.2, 0.25) is 0 Å². The molecule has 2 aliphatic rings. The van der Waals surface area contributed by atoms with E-state index in [9.17, 15) is 14.4 Å². The van der Waals surface area contributed by atoms with Crippen molar-refractivity contribution in [1.29, 1.82) is 0 Å². The van der Waals surface area contributed by atoms with Crippen LogP contribution < -0.4 is 10.1 Å². The zero-order valence-corrected chi connectivity index (χ0v) is 21.6. The maximum absolute atomic E-state index is 13.9. The van der Waals surface area contributed by atoms with Crippen LogP contribution in [0.25, 0.3) is 0 Å². The van der Waals surface area contributed by atoms with Crippen LogP contribution in [0.5, 0.6) is 5.75 Å². The Hall–Kier alpha value is -3.09. The first-order valence-corrected chi connectivity index (χ1v) is 12.5. The van der Waals surface area contributed by atoms with Crippen LogP contribution in [-0.2, 0) is 23.9 Å². The molecule has 1 aliphatic heterocycles. The summed E-state index contributed by atoms with van der Waals surface area (Å²) >= 11 is 0. The van der Waals surface area contributed by atoms with E-state index < -0.39 is 23.8 Å². The largest absolute Gasteiger partial charge is 0.493 e. The first-order valence-electron chi connectivity index (χ1n) is 12.5. The minimum absolute atomic E-state index is 0.237. The van der Waals surface area contributed by atoms with Gasteiger partial charge in [-0.2, -0.15) is 0 Å². The number of dihydropyridines is 1. The van der Waals surface area contributed by atoms with Crippen molar-refractivity contribution in [1.82, 2.24) is 5.32 Å². The van der Waals surface area contributed by atoms with Crippen molar-refractivity contribution in [3.8, 4) is 5.75 Å². The van der Waals surface area contributed by atoms with Gasteiger partial charge in [-0.3, -0.25) is 9.59 Å². The first-order chi connectivity index (χ1) is 16.7. The highest BCUT2D eigenvalue weighted by Gasteiger charge is 2.48. The molecule has 0 bridgehead atoms. The van der Waals surface area contributed by atoms with Gasteiger partial charge in [0.25, 0.3) is 0 Å². The van der Waals surface area contributed by atoms with E-state index in [1.807, 2.05) is 52.0 Å². The van der Waals surface area contributed by atoms with E-state index in [2.05, 4.69) is 12.2 Å². The topological polar surface area (TPSA) is 90.9 Å². The molecule has 0 fully saturated rings. The summed E-state index contributed by atoms with van der Waals surface area (Å²) < 4.78 is 16.8. The van der Waals surface area contributed by atoms with Gasteiger partial charge in [-0.05, 0) is 45.1 Å². The molecule has 0 spiro atoms. The van der Waals surface area contributed by atoms with Gasteiger partial charge in [0.15, 0.2) is 5.78 Å². The molecule has 7 nitrogen and oxygen atoms in total. The van der Waals surface area contributed by atoms with Gasteiger partial charge in [-0.1, -0.05) is 45.4 Å². The summed E-state index contributed by atoms with van der Waals surface area (Å²) in [5.41, 5.74) is 2.85. The lowest BCUT2D eigenvalue weighted by Gasteiger charge is -2.38. The van der Waals surface area contributed by atoms with Gasteiger partial charge in [-0.15, -0.1) is 0 Å². The number of esters is 2. The summed E-state index contributed by atoms with van der Waals surface area (Å²) in [4.78, 5) is 39.9. The predicted molar refractivity (Wildman–Crippen MR) is 133 cm³/mol. The van der Waals surface area contributed by atoms with E-state index in [0.29, 0.717) is 47.6 Å². The fourth-order valence-electron chi connectivity index (χ4n) is 4.77. The van der Waals surface area contributed by atoms with E-state index >= 15 is 0 Å². The summed E-state index contributed by atoms with van der Waals surface area (Å²) in [6, 6.07) is 7.47. The fraction of sp³-hybridized carbons (Fsp3) is 0.536. The molecule has 0 saturated heterocycles. The van der Waals surface area contributed by atoms with Crippen LogP contribution in [0.4, 0.5) is 0 Å². The van der Waals surface area contributed by atoms with Crippen LogP contribution in [-0.4, -0.2) is 37.5 Å². The molecule has 0 amide bonds. The minimum atomic E-state index is -0.929. The molecule has 7 heteroatoms. The smallest absolute Gasteiger partial charge is 0.337 e. The number of ketones is 1. The fourth-order valence-corrected chi connectivity index (χ4v) is 4.77. The number of unbranched alkanes of at least 4 members (excludes halogenated alkanes) is 1. The highest BCUT2D eigenvalue weighted by Crippen LogP contribution is 2.47. The Morgan fingerprint density at radius 2 is 1.91 bits per heavy atom. The van der Waals surface area contributed by atoms with Crippen LogP contribution in [0.1, 0.15) is 71.8 Å². The summed E-state index contributed by atoms with van der Waals surface area (Å²) in [5, 5.41) is 3.30. The van der Waals surface area contributed by atoms with Gasteiger partial charge < -0.3 is 19.5 Å². The first kappa shape index (κ1) is 26.5. The number of nitrogens with one attached hydrogen (secondary N) is 1. The van der Waals surface area contributed by atoms with Crippen LogP contribution >= 0.6 is 0 Å². The van der Waals surface area contributed by atoms with E-state index in [1.54, 1.807) is 0 Å². The Morgan fingerprint density at radius 3 is 2.57 bits per heavy atom. The van der Waals surface area contributed by atoms with E-state index in [1.165, 1.54) is 7.11 Å². The lowest BCUT2D eigenvalue weighted by molar-refractivity contribution is -0.151. The molecular weight excluding hydrogens is 446 g/mol. The molecule has 0 aromatic heterocycles. The zero-order valence-electron chi connectivity index (χ0n) is 21.6. The summed E-state index contributed by atoms with van der Waals surface area (Å²) in [6.07, 6.45) is 2.74. The second-order valence-electron chi connectivity index (χ2n) is 9.40. The van der Waals surface area contributed by atoms with Gasteiger partial charge in [0, 0.05) is 22.5 Å². The van der Waals surface area contributed by atoms with Crippen LogP contribution in [0.15, 0.2) is 46.8 Å². The van der Waals surface area contributed by atoms with Gasteiger partial charge >= 0.3 is 11.9 Å². The average molecular weight is 484 g/mol. The molecular formula is C28H37NO6. The molecule has 0 unspecified atom stereocenters. The highest BCUT2D eigenvalue weighted by molar-refractivity contribution is 6.12. The Morgan fingerprint density at radius 1 is 1.20 bits per heavy atom.